The van der Waals surface area contributed by atoms with E-state index in [1.807, 2.05) is 6.07 Å². The molecular formula is C16H14BrFN2O2. The second kappa shape index (κ2) is 7.70. The van der Waals surface area contributed by atoms with Gasteiger partial charge in [-0.2, -0.15) is 0 Å². The van der Waals surface area contributed by atoms with Crippen molar-refractivity contribution < 1.29 is 14.0 Å². The zero-order valence-electron chi connectivity index (χ0n) is 11.6. The first kappa shape index (κ1) is 16.2. The van der Waals surface area contributed by atoms with Crippen LogP contribution in [0.1, 0.15) is 5.56 Å². The summed E-state index contributed by atoms with van der Waals surface area (Å²) in [6.45, 7) is -0.138. The number of anilines is 1. The highest BCUT2D eigenvalue weighted by molar-refractivity contribution is 9.10. The molecule has 22 heavy (non-hydrogen) atoms. The van der Waals surface area contributed by atoms with Gasteiger partial charge in [-0.1, -0.05) is 34.1 Å². The Bertz CT molecular complexity index is 632. The molecule has 2 N–H and O–H groups in total. The predicted molar refractivity (Wildman–Crippen MR) is 85.9 cm³/mol. The summed E-state index contributed by atoms with van der Waals surface area (Å²) in [5, 5.41) is 5.17. The largest absolute Gasteiger partial charge is 0.347 e. The normalized spacial score (nSPS) is 10.1. The number of amides is 2. The number of nitrogens with one attached hydrogen (secondary N) is 2. The van der Waals surface area contributed by atoms with Crippen LogP contribution in [-0.4, -0.2) is 18.4 Å². The van der Waals surface area contributed by atoms with E-state index >= 15 is 0 Å². The van der Waals surface area contributed by atoms with E-state index in [1.165, 1.54) is 18.2 Å². The molecule has 0 radical (unpaired) electrons. The number of carbonyl (C=O) groups is 2. The molecule has 0 unspecified atom stereocenters. The van der Waals surface area contributed by atoms with Crippen LogP contribution in [-0.2, 0) is 16.0 Å². The van der Waals surface area contributed by atoms with Gasteiger partial charge in [0.05, 0.1) is 13.0 Å². The highest BCUT2D eigenvalue weighted by Crippen LogP contribution is 2.15. The molecule has 2 rings (SSSR count). The first-order chi connectivity index (χ1) is 10.5. The molecule has 0 aromatic heterocycles. The van der Waals surface area contributed by atoms with Gasteiger partial charge in [0.2, 0.25) is 11.8 Å². The molecule has 0 spiro atoms. The zero-order valence-corrected chi connectivity index (χ0v) is 13.2. The first-order valence-electron chi connectivity index (χ1n) is 6.59. The maximum absolute atomic E-state index is 13.0. The summed E-state index contributed by atoms with van der Waals surface area (Å²) in [7, 11) is 0. The van der Waals surface area contributed by atoms with E-state index in [9.17, 15) is 14.0 Å². The van der Waals surface area contributed by atoms with Gasteiger partial charge in [-0.05, 0) is 35.9 Å². The Morgan fingerprint density at radius 1 is 1.05 bits per heavy atom. The average Bonchev–Trinajstić information content (AvgIpc) is 2.45. The SMILES string of the molecule is O=C(Cc1cccc(F)c1)NCC(=O)Nc1cccc(Br)c1. The van der Waals surface area contributed by atoms with Gasteiger partial charge in [-0.3, -0.25) is 9.59 Å². The minimum Gasteiger partial charge on any atom is -0.347 e. The van der Waals surface area contributed by atoms with Crippen LogP contribution < -0.4 is 10.6 Å². The molecule has 0 bridgehead atoms. The summed E-state index contributed by atoms with van der Waals surface area (Å²) in [5.74, 6) is -1.06. The van der Waals surface area contributed by atoms with Gasteiger partial charge in [0, 0.05) is 10.2 Å². The molecule has 0 saturated heterocycles. The van der Waals surface area contributed by atoms with Gasteiger partial charge in [0.1, 0.15) is 5.82 Å². The molecule has 0 aliphatic heterocycles. The van der Waals surface area contributed by atoms with Crippen molar-refractivity contribution in [2.24, 2.45) is 0 Å². The maximum atomic E-state index is 13.0. The lowest BCUT2D eigenvalue weighted by atomic mass is 10.1. The molecule has 2 aromatic carbocycles. The van der Waals surface area contributed by atoms with Crippen LogP contribution in [0.4, 0.5) is 10.1 Å². The zero-order chi connectivity index (χ0) is 15.9. The molecule has 0 saturated carbocycles. The second-order valence-corrected chi connectivity index (χ2v) is 5.56. The average molecular weight is 365 g/mol. The van der Waals surface area contributed by atoms with Gasteiger partial charge in [-0.15, -0.1) is 0 Å². The van der Waals surface area contributed by atoms with Gasteiger partial charge < -0.3 is 10.6 Å². The van der Waals surface area contributed by atoms with Crippen LogP contribution in [0.2, 0.25) is 0 Å². The molecule has 6 heteroatoms. The maximum Gasteiger partial charge on any atom is 0.243 e. The quantitative estimate of drug-likeness (QED) is 0.856. The van der Waals surface area contributed by atoms with Crippen molar-refractivity contribution in [3.8, 4) is 0 Å². The highest BCUT2D eigenvalue weighted by Gasteiger charge is 2.07. The third-order valence-corrected chi connectivity index (χ3v) is 3.30. The van der Waals surface area contributed by atoms with E-state index in [0.717, 1.165) is 4.47 Å². The molecule has 2 amide bonds. The monoisotopic (exact) mass is 364 g/mol. The topological polar surface area (TPSA) is 58.2 Å². The smallest absolute Gasteiger partial charge is 0.243 e. The van der Waals surface area contributed by atoms with Crippen molar-refractivity contribution >= 4 is 33.4 Å². The van der Waals surface area contributed by atoms with E-state index < -0.39 is 5.82 Å². The number of hydrogen-bond acceptors (Lipinski definition) is 2. The number of halogens is 2. The Morgan fingerprint density at radius 3 is 2.55 bits per heavy atom. The minimum absolute atomic E-state index is 0.0297. The fourth-order valence-corrected chi connectivity index (χ4v) is 2.24. The van der Waals surface area contributed by atoms with E-state index in [0.29, 0.717) is 11.3 Å². The van der Waals surface area contributed by atoms with Crippen LogP contribution in [0.3, 0.4) is 0 Å². The predicted octanol–water partition coefficient (Wildman–Crippen LogP) is 2.89. The molecule has 114 valence electrons. The Labute approximate surface area is 135 Å². The van der Waals surface area contributed by atoms with Crippen molar-refractivity contribution in [1.29, 1.82) is 0 Å². The van der Waals surface area contributed by atoms with E-state index in [2.05, 4.69) is 26.6 Å². The van der Waals surface area contributed by atoms with Gasteiger partial charge >= 0.3 is 0 Å². The summed E-state index contributed by atoms with van der Waals surface area (Å²) in [6, 6.07) is 12.9. The number of hydrogen-bond donors (Lipinski definition) is 2. The molecule has 2 aromatic rings. The molecule has 0 heterocycles. The molecule has 0 aliphatic carbocycles. The van der Waals surface area contributed by atoms with Crippen molar-refractivity contribution in [3.63, 3.8) is 0 Å². The summed E-state index contributed by atoms with van der Waals surface area (Å²) < 4.78 is 13.9. The number of carbonyl (C=O) groups excluding carboxylic acids is 2. The van der Waals surface area contributed by atoms with Gasteiger partial charge in [0.25, 0.3) is 0 Å². The van der Waals surface area contributed by atoms with Crippen molar-refractivity contribution in [1.82, 2.24) is 5.32 Å². The standard InChI is InChI=1S/C16H14BrFN2O2/c17-12-4-2-6-14(9-12)20-16(22)10-19-15(21)8-11-3-1-5-13(18)7-11/h1-7,9H,8,10H2,(H,19,21)(H,20,22). The van der Waals surface area contributed by atoms with Crippen LogP contribution in [0.15, 0.2) is 53.0 Å². The fourth-order valence-electron chi connectivity index (χ4n) is 1.85. The Kier molecular flexibility index (Phi) is 5.66. The summed E-state index contributed by atoms with van der Waals surface area (Å²) in [4.78, 5) is 23.4. The lowest BCUT2D eigenvalue weighted by molar-refractivity contribution is -0.123. The second-order valence-electron chi connectivity index (χ2n) is 4.64. The third kappa shape index (κ3) is 5.29. The van der Waals surface area contributed by atoms with Crippen LogP contribution >= 0.6 is 15.9 Å². The number of rotatable bonds is 5. The van der Waals surface area contributed by atoms with Crippen LogP contribution in [0.5, 0.6) is 0 Å². The Morgan fingerprint density at radius 2 is 1.82 bits per heavy atom. The van der Waals surface area contributed by atoms with Crippen LogP contribution in [0.25, 0.3) is 0 Å². The first-order valence-corrected chi connectivity index (χ1v) is 7.39. The molecule has 0 fully saturated rings. The lowest BCUT2D eigenvalue weighted by Crippen LogP contribution is -2.33. The molecular weight excluding hydrogens is 351 g/mol. The van der Waals surface area contributed by atoms with E-state index in [4.69, 9.17) is 0 Å². The minimum atomic E-state index is -0.391. The summed E-state index contributed by atoms with van der Waals surface area (Å²) >= 11 is 3.31. The Hall–Kier alpha value is -2.21. The summed E-state index contributed by atoms with van der Waals surface area (Å²) in [5.41, 5.74) is 1.20. The van der Waals surface area contributed by atoms with Crippen molar-refractivity contribution in [2.75, 3.05) is 11.9 Å². The highest BCUT2D eigenvalue weighted by atomic mass is 79.9. The van der Waals surface area contributed by atoms with Gasteiger partial charge in [0.15, 0.2) is 0 Å². The van der Waals surface area contributed by atoms with E-state index in [1.54, 1.807) is 24.3 Å². The Balaban J connectivity index is 1.79. The lowest BCUT2D eigenvalue weighted by Gasteiger charge is -2.07. The van der Waals surface area contributed by atoms with Crippen molar-refractivity contribution in [2.45, 2.75) is 6.42 Å². The van der Waals surface area contributed by atoms with E-state index in [-0.39, 0.29) is 24.8 Å². The molecule has 0 atom stereocenters. The third-order valence-electron chi connectivity index (χ3n) is 2.81. The van der Waals surface area contributed by atoms with Crippen molar-refractivity contribution in [3.05, 3.63) is 64.4 Å². The molecule has 4 nitrogen and oxygen atoms in total. The van der Waals surface area contributed by atoms with Crippen LogP contribution in [0, 0.1) is 5.82 Å². The van der Waals surface area contributed by atoms with Gasteiger partial charge in [-0.25, -0.2) is 4.39 Å². The fraction of sp³-hybridized carbons (Fsp3) is 0.125. The molecule has 0 aliphatic rings. The number of benzene rings is 2. The summed E-state index contributed by atoms with van der Waals surface area (Å²) in [6.07, 6.45) is 0.0297.